The molecule has 2 aromatic carbocycles. The number of rotatable bonds is 2. The molecule has 1 atom stereocenters. The lowest BCUT2D eigenvalue weighted by Gasteiger charge is -2.15. The summed E-state index contributed by atoms with van der Waals surface area (Å²) in [5.74, 6) is 0.710. The van der Waals surface area contributed by atoms with Crippen LogP contribution in [0.25, 0.3) is 0 Å². The minimum Gasteiger partial charge on any atom is -0.480 e. The number of carbonyl (C=O) groups is 1. The van der Waals surface area contributed by atoms with Gasteiger partial charge in [0, 0.05) is 16.6 Å². The van der Waals surface area contributed by atoms with Gasteiger partial charge in [-0.05, 0) is 48.7 Å². The monoisotopic (exact) mass is 345 g/mol. The van der Waals surface area contributed by atoms with Crippen molar-refractivity contribution in [3.05, 3.63) is 57.6 Å². The topological polar surface area (TPSA) is 38.3 Å². The Labute approximate surface area is 132 Å². The molecule has 0 fully saturated rings. The Hall–Kier alpha value is -1.81. The van der Waals surface area contributed by atoms with Gasteiger partial charge in [0.25, 0.3) is 5.91 Å². The van der Waals surface area contributed by atoms with Gasteiger partial charge in [0.2, 0.25) is 0 Å². The smallest absolute Gasteiger partial charge is 0.265 e. The van der Waals surface area contributed by atoms with Crippen LogP contribution in [0.5, 0.6) is 5.75 Å². The molecule has 1 heterocycles. The largest absolute Gasteiger partial charge is 0.480 e. The van der Waals surface area contributed by atoms with Gasteiger partial charge in [-0.1, -0.05) is 34.1 Å². The van der Waals surface area contributed by atoms with Crippen LogP contribution in [-0.2, 0) is 11.2 Å². The molecule has 1 amide bonds. The van der Waals surface area contributed by atoms with Crippen LogP contribution in [0.1, 0.15) is 16.7 Å². The Morgan fingerprint density at radius 3 is 2.57 bits per heavy atom. The third-order valence-corrected chi connectivity index (χ3v) is 4.14. The van der Waals surface area contributed by atoms with Crippen LogP contribution < -0.4 is 10.1 Å². The second-order valence-corrected chi connectivity index (χ2v) is 6.24. The van der Waals surface area contributed by atoms with Crippen molar-refractivity contribution in [2.24, 2.45) is 0 Å². The fourth-order valence-electron chi connectivity index (χ4n) is 2.64. The fourth-order valence-corrected chi connectivity index (χ4v) is 3.33. The van der Waals surface area contributed by atoms with Crippen LogP contribution in [0.2, 0.25) is 0 Å². The van der Waals surface area contributed by atoms with E-state index in [1.54, 1.807) is 0 Å². The summed E-state index contributed by atoms with van der Waals surface area (Å²) in [6, 6.07) is 11.8. The molecule has 0 aliphatic carbocycles. The normalized spacial score (nSPS) is 16.2. The first-order valence-corrected chi connectivity index (χ1v) is 7.66. The van der Waals surface area contributed by atoms with Gasteiger partial charge in [-0.2, -0.15) is 0 Å². The van der Waals surface area contributed by atoms with Crippen molar-refractivity contribution in [3.63, 3.8) is 0 Å². The van der Waals surface area contributed by atoms with Crippen LogP contribution in [0.3, 0.4) is 0 Å². The molecule has 1 aliphatic heterocycles. The first-order chi connectivity index (χ1) is 10.0. The van der Waals surface area contributed by atoms with Gasteiger partial charge in [0.1, 0.15) is 5.75 Å². The van der Waals surface area contributed by atoms with E-state index in [4.69, 9.17) is 4.74 Å². The van der Waals surface area contributed by atoms with Gasteiger partial charge in [-0.15, -0.1) is 0 Å². The Kier molecular flexibility index (Phi) is 3.72. The van der Waals surface area contributed by atoms with E-state index in [0.29, 0.717) is 6.42 Å². The predicted octanol–water partition coefficient (Wildman–Crippen LogP) is 4.01. The first-order valence-electron chi connectivity index (χ1n) is 6.87. The van der Waals surface area contributed by atoms with Gasteiger partial charge >= 0.3 is 0 Å². The molecule has 0 radical (unpaired) electrons. The summed E-state index contributed by atoms with van der Waals surface area (Å²) in [7, 11) is 0. The molecule has 3 rings (SSSR count). The van der Waals surface area contributed by atoms with Crippen LogP contribution in [0, 0.1) is 13.8 Å². The van der Waals surface area contributed by atoms with Crippen molar-refractivity contribution >= 4 is 27.5 Å². The van der Waals surface area contributed by atoms with Gasteiger partial charge in [0.15, 0.2) is 6.10 Å². The average Bonchev–Trinajstić information content (AvgIpc) is 2.86. The number of halogens is 1. The molecule has 1 N–H and O–H groups in total. The zero-order chi connectivity index (χ0) is 15.0. The van der Waals surface area contributed by atoms with Crippen LogP contribution in [0.15, 0.2) is 40.9 Å². The maximum absolute atomic E-state index is 12.4. The number of fused-ring (bicyclic) bond motifs is 1. The molecule has 4 heteroatoms. The molecule has 0 saturated carbocycles. The first kappa shape index (κ1) is 14.1. The van der Waals surface area contributed by atoms with Crippen LogP contribution >= 0.6 is 15.9 Å². The third-order valence-electron chi connectivity index (χ3n) is 3.69. The summed E-state index contributed by atoms with van der Waals surface area (Å²) in [6.07, 6.45) is 0.168. The highest BCUT2D eigenvalue weighted by Crippen LogP contribution is 2.30. The highest BCUT2D eigenvalue weighted by atomic mass is 79.9. The molecule has 2 aromatic rings. The predicted molar refractivity (Wildman–Crippen MR) is 86.8 cm³/mol. The molecule has 108 valence electrons. The van der Waals surface area contributed by atoms with Crippen molar-refractivity contribution in [1.82, 2.24) is 0 Å². The molecule has 0 spiro atoms. The van der Waals surface area contributed by atoms with Crippen molar-refractivity contribution in [3.8, 4) is 5.75 Å². The minimum atomic E-state index is -0.454. The SMILES string of the molecule is Cc1cc(Br)cc(C)c1NC(=O)C1Cc2ccccc2O1. The quantitative estimate of drug-likeness (QED) is 0.892. The van der Waals surface area contributed by atoms with Crippen molar-refractivity contribution in [2.75, 3.05) is 5.32 Å². The number of aryl methyl sites for hydroxylation is 2. The minimum absolute atomic E-state index is 0.0975. The second kappa shape index (κ2) is 5.53. The molecule has 0 saturated heterocycles. The fraction of sp³-hybridized carbons (Fsp3) is 0.235. The van der Waals surface area contributed by atoms with E-state index in [1.807, 2.05) is 50.2 Å². The summed E-state index contributed by atoms with van der Waals surface area (Å²) in [5.41, 5.74) is 4.01. The van der Waals surface area contributed by atoms with Crippen molar-refractivity contribution in [2.45, 2.75) is 26.4 Å². The number of para-hydroxylation sites is 1. The van der Waals surface area contributed by atoms with E-state index in [0.717, 1.165) is 32.6 Å². The van der Waals surface area contributed by atoms with Gasteiger partial charge < -0.3 is 10.1 Å². The lowest BCUT2D eigenvalue weighted by molar-refractivity contribution is -0.122. The Morgan fingerprint density at radius 1 is 1.24 bits per heavy atom. The number of hydrogen-bond acceptors (Lipinski definition) is 2. The Bertz CT molecular complexity index is 664. The van der Waals surface area contributed by atoms with E-state index in [2.05, 4.69) is 21.2 Å². The van der Waals surface area contributed by atoms with Crippen molar-refractivity contribution < 1.29 is 9.53 Å². The molecule has 1 aliphatic rings. The number of hydrogen-bond donors (Lipinski definition) is 1. The number of anilines is 1. The standard InChI is InChI=1S/C17H16BrNO2/c1-10-7-13(18)8-11(2)16(10)19-17(20)15-9-12-5-3-4-6-14(12)21-15/h3-8,15H,9H2,1-2H3,(H,19,20). The third kappa shape index (κ3) is 2.81. The molecule has 21 heavy (non-hydrogen) atoms. The van der Waals surface area contributed by atoms with E-state index >= 15 is 0 Å². The van der Waals surface area contributed by atoms with Gasteiger partial charge in [-0.3, -0.25) is 4.79 Å². The number of ether oxygens (including phenoxy) is 1. The summed E-state index contributed by atoms with van der Waals surface area (Å²) < 4.78 is 6.74. The molecule has 0 aromatic heterocycles. The van der Waals surface area contributed by atoms with Crippen LogP contribution in [0.4, 0.5) is 5.69 Å². The molecule has 1 unspecified atom stereocenters. The second-order valence-electron chi connectivity index (χ2n) is 5.32. The van der Waals surface area contributed by atoms with E-state index in [1.165, 1.54) is 0 Å². The highest BCUT2D eigenvalue weighted by molar-refractivity contribution is 9.10. The summed E-state index contributed by atoms with van der Waals surface area (Å²) in [6.45, 7) is 3.97. The number of nitrogens with one attached hydrogen (secondary N) is 1. The molecule has 3 nitrogen and oxygen atoms in total. The maximum Gasteiger partial charge on any atom is 0.265 e. The zero-order valence-electron chi connectivity index (χ0n) is 11.9. The number of benzene rings is 2. The zero-order valence-corrected chi connectivity index (χ0v) is 13.5. The number of carbonyl (C=O) groups excluding carboxylic acids is 1. The van der Waals surface area contributed by atoms with E-state index in [9.17, 15) is 4.79 Å². The van der Waals surface area contributed by atoms with Gasteiger partial charge in [-0.25, -0.2) is 0 Å². The Balaban J connectivity index is 1.77. The summed E-state index contributed by atoms with van der Waals surface area (Å²) in [4.78, 5) is 12.4. The summed E-state index contributed by atoms with van der Waals surface area (Å²) >= 11 is 3.46. The van der Waals surface area contributed by atoms with E-state index in [-0.39, 0.29) is 5.91 Å². The van der Waals surface area contributed by atoms with E-state index < -0.39 is 6.10 Å². The van der Waals surface area contributed by atoms with Crippen LogP contribution in [-0.4, -0.2) is 12.0 Å². The molecule has 0 bridgehead atoms. The lowest BCUT2D eigenvalue weighted by atomic mass is 10.1. The molecular formula is C17H16BrNO2. The summed E-state index contributed by atoms with van der Waals surface area (Å²) in [5, 5.41) is 3.00. The highest BCUT2D eigenvalue weighted by Gasteiger charge is 2.29. The van der Waals surface area contributed by atoms with Crippen molar-refractivity contribution in [1.29, 1.82) is 0 Å². The Morgan fingerprint density at radius 2 is 1.90 bits per heavy atom. The van der Waals surface area contributed by atoms with Gasteiger partial charge in [0.05, 0.1) is 0 Å². The average molecular weight is 346 g/mol. The number of amides is 1. The maximum atomic E-state index is 12.4. The molecular weight excluding hydrogens is 330 g/mol. The lowest BCUT2D eigenvalue weighted by Crippen LogP contribution is -2.31.